The van der Waals surface area contributed by atoms with Crippen LogP contribution in [0.2, 0.25) is 0 Å². The Labute approximate surface area is 75.4 Å². The summed E-state index contributed by atoms with van der Waals surface area (Å²) in [5, 5.41) is 8.78. The van der Waals surface area contributed by atoms with Crippen molar-refractivity contribution in [3.05, 3.63) is 23.9 Å². The Morgan fingerprint density at radius 3 is 2.69 bits per heavy atom. The third-order valence-electron chi connectivity index (χ3n) is 1.75. The number of rotatable bonds is 2. The smallest absolute Gasteiger partial charge is 0.329 e. The number of pyridine rings is 1. The van der Waals surface area contributed by atoms with Gasteiger partial charge in [0.2, 0.25) is 0 Å². The van der Waals surface area contributed by atoms with E-state index in [1.807, 2.05) is 0 Å². The van der Waals surface area contributed by atoms with Crippen LogP contribution in [0.3, 0.4) is 0 Å². The molecule has 1 aromatic heterocycles. The summed E-state index contributed by atoms with van der Waals surface area (Å²) in [6.07, 6.45) is 0. The molecule has 0 saturated carbocycles. The number of aromatic nitrogens is 1. The van der Waals surface area contributed by atoms with Gasteiger partial charge < -0.3 is 16.6 Å². The SMILES string of the molecule is CC(N)(C(=O)O)c1cccc(N)n1. The minimum absolute atomic E-state index is 0.250. The van der Waals surface area contributed by atoms with E-state index in [0.29, 0.717) is 0 Å². The van der Waals surface area contributed by atoms with Gasteiger partial charge in [0.1, 0.15) is 5.82 Å². The van der Waals surface area contributed by atoms with Crippen LogP contribution >= 0.6 is 0 Å². The molecule has 1 unspecified atom stereocenters. The minimum Gasteiger partial charge on any atom is -0.480 e. The number of hydrogen-bond acceptors (Lipinski definition) is 4. The molecule has 0 radical (unpaired) electrons. The Morgan fingerprint density at radius 1 is 1.62 bits per heavy atom. The summed E-state index contributed by atoms with van der Waals surface area (Å²) >= 11 is 0. The molecule has 70 valence electrons. The second-order valence-electron chi connectivity index (χ2n) is 2.96. The first-order valence-corrected chi connectivity index (χ1v) is 3.70. The zero-order valence-electron chi connectivity index (χ0n) is 7.19. The first-order chi connectivity index (χ1) is 5.94. The van der Waals surface area contributed by atoms with Crippen molar-refractivity contribution in [2.75, 3.05) is 5.73 Å². The van der Waals surface area contributed by atoms with Gasteiger partial charge in [-0.15, -0.1) is 0 Å². The Morgan fingerprint density at radius 2 is 2.23 bits per heavy atom. The second kappa shape index (κ2) is 3.02. The normalized spacial score (nSPS) is 14.9. The van der Waals surface area contributed by atoms with Gasteiger partial charge in [0.25, 0.3) is 0 Å². The number of nitrogen functional groups attached to an aromatic ring is 1. The van der Waals surface area contributed by atoms with E-state index < -0.39 is 11.5 Å². The maximum atomic E-state index is 10.7. The van der Waals surface area contributed by atoms with Crippen molar-refractivity contribution in [3.63, 3.8) is 0 Å². The number of nitrogens with zero attached hydrogens (tertiary/aromatic N) is 1. The van der Waals surface area contributed by atoms with E-state index in [9.17, 15) is 4.79 Å². The zero-order chi connectivity index (χ0) is 10.1. The molecule has 0 aromatic carbocycles. The van der Waals surface area contributed by atoms with E-state index in [-0.39, 0.29) is 11.5 Å². The number of aliphatic carboxylic acids is 1. The van der Waals surface area contributed by atoms with Crippen molar-refractivity contribution in [2.24, 2.45) is 5.73 Å². The first kappa shape index (κ1) is 9.47. The number of carboxylic acid groups (broad SMARTS) is 1. The van der Waals surface area contributed by atoms with Gasteiger partial charge in [-0.25, -0.2) is 9.78 Å². The summed E-state index contributed by atoms with van der Waals surface area (Å²) in [6, 6.07) is 4.72. The van der Waals surface area contributed by atoms with Crippen molar-refractivity contribution < 1.29 is 9.90 Å². The average Bonchev–Trinajstić information content (AvgIpc) is 2.04. The highest BCUT2D eigenvalue weighted by atomic mass is 16.4. The minimum atomic E-state index is -1.49. The molecule has 5 nitrogen and oxygen atoms in total. The number of anilines is 1. The fourth-order valence-electron chi connectivity index (χ4n) is 0.850. The van der Waals surface area contributed by atoms with Crippen molar-refractivity contribution in [2.45, 2.75) is 12.5 Å². The molecule has 1 aromatic rings. The van der Waals surface area contributed by atoms with Crippen LogP contribution in [0.4, 0.5) is 5.82 Å². The van der Waals surface area contributed by atoms with Crippen LogP contribution < -0.4 is 11.5 Å². The molecule has 1 atom stereocenters. The molecular formula is C8H11N3O2. The van der Waals surface area contributed by atoms with Gasteiger partial charge in [-0.2, -0.15) is 0 Å². The fourth-order valence-corrected chi connectivity index (χ4v) is 0.850. The highest BCUT2D eigenvalue weighted by molar-refractivity contribution is 5.79. The zero-order valence-corrected chi connectivity index (χ0v) is 7.19. The molecular weight excluding hydrogens is 170 g/mol. The Hall–Kier alpha value is -1.62. The quantitative estimate of drug-likeness (QED) is 0.592. The van der Waals surface area contributed by atoms with Gasteiger partial charge in [0, 0.05) is 0 Å². The van der Waals surface area contributed by atoms with Crippen molar-refractivity contribution in [1.29, 1.82) is 0 Å². The van der Waals surface area contributed by atoms with Crippen LogP contribution in [0, 0.1) is 0 Å². The Balaban J connectivity index is 3.14. The molecule has 0 aliphatic heterocycles. The first-order valence-electron chi connectivity index (χ1n) is 3.70. The van der Waals surface area contributed by atoms with Crippen molar-refractivity contribution in [3.8, 4) is 0 Å². The van der Waals surface area contributed by atoms with Gasteiger partial charge in [-0.1, -0.05) is 6.07 Å². The molecule has 13 heavy (non-hydrogen) atoms. The third-order valence-corrected chi connectivity index (χ3v) is 1.75. The van der Waals surface area contributed by atoms with Gasteiger partial charge in [-0.05, 0) is 19.1 Å². The molecule has 0 saturated heterocycles. The number of carboxylic acids is 1. The third kappa shape index (κ3) is 1.75. The van der Waals surface area contributed by atoms with Gasteiger partial charge in [0.05, 0.1) is 5.69 Å². The van der Waals surface area contributed by atoms with Gasteiger partial charge in [-0.3, -0.25) is 0 Å². The lowest BCUT2D eigenvalue weighted by Gasteiger charge is -2.18. The lowest BCUT2D eigenvalue weighted by atomic mass is 9.99. The van der Waals surface area contributed by atoms with E-state index in [2.05, 4.69) is 4.98 Å². The molecule has 5 N–H and O–H groups in total. The summed E-state index contributed by atoms with van der Waals surface area (Å²) in [7, 11) is 0. The van der Waals surface area contributed by atoms with E-state index in [1.54, 1.807) is 12.1 Å². The highest BCUT2D eigenvalue weighted by Crippen LogP contribution is 2.16. The maximum absolute atomic E-state index is 10.7. The van der Waals surface area contributed by atoms with Crippen LogP contribution in [0.5, 0.6) is 0 Å². The summed E-state index contributed by atoms with van der Waals surface area (Å²) in [5.41, 5.74) is 9.69. The lowest BCUT2D eigenvalue weighted by molar-refractivity contribution is -0.143. The predicted molar refractivity (Wildman–Crippen MR) is 47.8 cm³/mol. The van der Waals surface area contributed by atoms with E-state index in [1.165, 1.54) is 13.0 Å². The van der Waals surface area contributed by atoms with Crippen LogP contribution in [-0.4, -0.2) is 16.1 Å². The van der Waals surface area contributed by atoms with Gasteiger partial charge in [0.15, 0.2) is 5.54 Å². The highest BCUT2D eigenvalue weighted by Gasteiger charge is 2.31. The largest absolute Gasteiger partial charge is 0.480 e. The number of hydrogen-bond donors (Lipinski definition) is 3. The molecule has 1 heterocycles. The molecule has 0 amide bonds. The fraction of sp³-hybridized carbons (Fsp3) is 0.250. The van der Waals surface area contributed by atoms with Gasteiger partial charge >= 0.3 is 5.97 Å². The van der Waals surface area contributed by atoms with E-state index in [0.717, 1.165) is 0 Å². The topological polar surface area (TPSA) is 102 Å². The van der Waals surface area contributed by atoms with Crippen molar-refractivity contribution >= 4 is 11.8 Å². The van der Waals surface area contributed by atoms with Crippen LogP contribution in [-0.2, 0) is 10.3 Å². The number of carbonyl (C=O) groups is 1. The molecule has 0 fully saturated rings. The Kier molecular flexibility index (Phi) is 2.20. The summed E-state index contributed by atoms with van der Waals surface area (Å²) in [4.78, 5) is 14.6. The van der Waals surface area contributed by atoms with Crippen LogP contribution in [0.15, 0.2) is 18.2 Å². The monoisotopic (exact) mass is 181 g/mol. The lowest BCUT2D eigenvalue weighted by Crippen LogP contribution is -2.42. The second-order valence-corrected chi connectivity index (χ2v) is 2.96. The van der Waals surface area contributed by atoms with Crippen molar-refractivity contribution in [1.82, 2.24) is 4.98 Å². The predicted octanol–water partition coefficient (Wildman–Crippen LogP) is -0.0777. The standard InChI is InChI=1S/C8H11N3O2/c1-8(10,7(12)13)5-3-2-4-6(9)11-5/h2-4H,10H2,1H3,(H2,9,11)(H,12,13). The number of nitrogens with two attached hydrogens (primary N) is 2. The summed E-state index contributed by atoms with van der Waals surface area (Å²) in [5.74, 6) is -0.874. The van der Waals surface area contributed by atoms with Crippen LogP contribution in [0.25, 0.3) is 0 Å². The molecule has 0 aliphatic rings. The molecule has 0 bridgehead atoms. The Bertz CT molecular complexity index is 336. The van der Waals surface area contributed by atoms with E-state index in [4.69, 9.17) is 16.6 Å². The van der Waals surface area contributed by atoms with E-state index >= 15 is 0 Å². The molecule has 0 aliphatic carbocycles. The molecule has 1 rings (SSSR count). The maximum Gasteiger partial charge on any atom is 0.329 e. The molecule has 0 spiro atoms. The molecule has 5 heteroatoms. The van der Waals surface area contributed by atoms with Crippen LogP contribution in [0.1, 0.15) is 12.6 Å². The summed E-state index contributed by atoms with van der Waals surface area (Å²) in [6.45, 7) is 1.37. The summed E-state index contributed by atoms with van der Waals surface area (Å²) < 4.78 is 0. The average molecular weight is 181 g/mol.